The highest BCUT2D eigenvalue weighted by molar-refractivity contribution is 5.36. The molecule has 0 radical (unpaired) electrons. The molecule has 2 aromatic heterocycles. The van der Waals surface area contributed by atoms with Gasteiger partial charge in [0, 0.05) is 6.92 Å². The molecule has 0 saturated heterocycles. The Morgan fingerprint density at radius 3 is 1.74 bits per heavy atom. The molecule has 10 nitrogen and oxygen atoms in total. The number of hydrogen-bond acceptors (Lipinski definition) is 8. The first kappa shape index (κ1) is 17.7. The van der Waals surface area contributed by atoms with Crippen LogP contribution in [0.15, 0.2) is 73.3 Å². The average Bonchev–Trinajstić information content (AvgIpc) is 3.22. The lowest BCUT2D eigenvalue weighted by molar-refractivity contribution is 0.473. The minimum absolute atomic E-state index is 0.139. The molecule has 0 aliphatic rings. The number of aryl methyl sites for hydroxylation is 1. The van der Waals surface area contributed by atoms with E-state index in [1.807, 2.05) is 0 Å². The first-order valence-corrected chi connectivity index (χ1v) is 7.62. The fraction of sp³-hybridized carbons (Fsp3) is 0.0588. The van der Waals surface area contributed by atoms with Crippen LogP contribution in [-0.2, 0) is 0 Å². The van der Waals surface area contributed by atoms with Crippen LogP contribution in [0.25, 0.3) is 11.4 Å². The summed E-state index contributed by atoms with van der Waals surface area (Å²) in [7, 11) is 0. The minimum Gasteiger partial charge on any atom is -0.508 e. The van der Waals surface area contributed by atoms with E-state index in [1.165, 1.54) is 24.3 Å². The van der Waals surface area contributed by atoms with Gasteiger partial charge in [0.2, 0.25) is 12.3 Å². The Morgan fingerprint density at radius 2 is 1.33 bits per heavy atom. The quantitative estimate of drug-likeness (QED) is 0.540. The molecule has 0 aliphatic carbocycles. The van der Waals surface area contributed by atoms with Crippen LogP contribution in [-0.4, -0.2) is 29.8 Å². The molecule has 2 heterocycles. The Kier molecular flexibility index (Phi) is 4.88. The van der Waals surface area contributed by atoms with Crippen LogP contribution in [0.3, 0.4) is 0 Å². The van der Waals surface area contributed by atoms with Gasteiger partial charge in [-0.1, -0.05) is 0 Å². The molecular weight excluding hydrogens is 356 g/mol. The van der Waals surface area contributed by atoms with Crippen LogP contribution >= 0.6 is 0 Å². The summed E-state index contributed by atoms with van der Waals surface area (Å²) in [5, 5.41) is 25.6. The lowest BCUT2D eigenvalue weighted by Gasteiger charge is -1.97. The molecule has 0 bridgehead atoms. The van der Waals surface area contributed by atoms with Crippen molar-refractivity contribution in [2.24, 2.45) is 0 Å². The van der Waals surface area contributed by atoms with E-state index in [0.29, 0.717) is 17.3 Å². The predicted molar refractivity (Wildman–Crippen MR) is 92.3 cm³/mol. The molecule has 27 heavy (non-hydrogen) atoms. The topological polar surface area (TPSA) is 137 Å². The molecule has 0 amide bonds. The molecule has 138 valence electrons. The van der Waals surface area contributed by atoms with Crippen molar-refractivity contribution in [3.63, 3.8) is 0 Å². The van der Waals surface area contributed by atoms with Crippen LogP contribution in [0.2, 0.25) is 0 Å². The van der Waals surface area contributed by atoms with Crippen molar-refractivity contribution in [3.05, 3.63) is 81.9 Å². The van der Waals surface area contributed by atoms with Crippen molar-refractivity contribution in [1.29, 1.82) is 0 Å². The zero-order valence-corrected chi connectivity index (χ0v) is 14.0. The van der Waals surface area contributed by atoms with Gasteiger partial charge >= 0.3 is 11.5 Å². The van der Waals surface area contributed by atoms with Gasteiger partial charge in [-0.25, -0.2) is 9.59 Å². The predicted octanol–water partition coefficient (Wildman–Crippen LogP) is 1.37. The number of aromatic nitrogens is 4. The van der Waals surface area contributed by atoms with Crippen molar-refractivity contribution in [2.45, 2.75) is 6.92 Å². The van der Waals surface area contributed by atoms with Crippen LogP contribution < -0.4 is 11.5 Å². The van der Waals surface area contributed by atoms with E-state index in [9.17, 15) is 9.59 Å². The maximum Gasteiger partial charge on any atom is 0.441 e. The van der Waals surface area contributed by atoms with Gasteiger partial charge in [0.05, 0.1) is 11.4 Å². The van der Waals surface area contributed by atoms with Gasteiger partial charge in [0.25, 0.3) is 0 Å². The monoisotopic (exact) mass is 370 g/mol. The Bertz CT molecular complexity index is 1140. The largest absolute Gasteiger partial charge is 0.508 e. The summed E-state index contributed by atoms with van der Waals surface area (Å²) in [6.45, 7) is 1.60. The van der Waals surface area contributed by atoms with E-state index < -0.39 is 11.5 Å². The maximum absolute atomic E-state index is 11.2. The number of nitrogens with zero attached hydrogens (tertiary/aromatic N) is 4. The van der Waals surface area contributed by atoms with Crippen molar-refractivity contribution in [1.82, 2.24) is 19.6 Å². The first-order valence-electron chi connectivity index (χ1n) is 7.62. The molecule has 0 fully saturated rings. The summed E-state index contributed by atoms with van der Waals surface area (Å²) in [4.78, 5) is 22.2. The van der Waals surface area contributed by atoms with E-state index in [4.69, 9.17) is 14.6 Å². The highest BCUT2D eigenvalue weighted by atomic mass is 16.4. The van der Waals surface area contributed by atoms with Crippen molar-refractivity contribution < 1.29 is 19.0 Å². The van der Waals surface area contributed by atoms with E-state index in [-0.39, 0.29) is 11.5 Å². The maximum atomic E-state index is 11.2. The van der Waals surface area contributed by atoms with Gasteiger partial charge in [-0.3, -0.25) is 0 Å². The van der Waals surface area contributed by atoms with Gasteiger partial charge in [-0.05, 0) is 48.5 Å². The molecule has 0 spiro atoms. The minimum atomic E-state index is -0.550. The van der Waals surface area contributed by atoms with E-state index >= 15 is 0 Å². The van der Waals surface area contributed by atoms with Crippen LogP contribution in [0, 0.1) is 6.92 Å². The standard InChI is InChI=1S/C9H8N2O3.C8H6N2O3/c1-6-10-11(9(13)14-6)7-2-4-8(12)5-3-7;11-7-3-1-6(2-4-7)10-8(12)13-5-9-10/h2-5,12H,1H3;1-5,11H. The third-order valence-corrected chi connectivity index (χ3v) is 3.33. The number of rotatable bonds is 2. The smallest absolute Gasteiger partial charge is 0.441 e. The van der Waals surface area contributed by atoms with E-state index in [2.05, 4.69) is 14.6 Å². The molecule has 2 N–H and O–H groups in total. The highest BCUT2D eigenvalue weighted by Crippen LogP contribution is 2.12. The molecule has 2 aromatic carbocycles. The fourth-order valence-corrected chi connectivity index (χ4v) is 2.11. The normalized spacial score (nSPS) is 10.3. The Morgan fingerprint density at radius 1 is 0.815 bits per heavy atom. The second kappa shape index (κ2) is 7.44. The summed E-state index contributed by atoms with van der Waals surface area (Å²) in [5.41, 5.74) is 1.11. The van der Waals surface area contributed by atoms with Crippen LogP contribution in [0.5, 0.6) is 11.5 Å². The summed E-state index contributed by atoms with van der Waals surface area (Å²) in [5.74, 6) is -0.496. The number of hydrogen-bond donors (Lipinski definition) is 2. The van der Waals surface area contributed by atoms with Crippen molar-refractivity contribution in [2.75, 3.05) is 0 Å². The molecule has 0 atom stereocenters. The van der Waals surface area contributed by atoms with Crippen molar-refractivity contribution in [3.8, 4) is 22.9 Å². The Hall–Kier alpha value is -4.08. The van der Waals surface area contributed by atoms with Gasteiger partial charge in [-0.2, -0.15) is 9.36 Å². The summed E-state index contributed by atoms with van der Waals surface area (Å²) < 4.78 is 11.4. The number of benzene rings is 2. The molecule has 4 aromatic rings. The van der Waals surface area contributed by atoms with Gasteiger partial charge in [-0.15, -0.1) is 10.2 Å². The van der Waals surface area contributed by atoms with Gasteiger partial charge in [0.1, 0.15) is 11.5 Å². The Balaban J connectivity index is 0.000000156. The summed E-state index contributed by atoms with van der Waals surface area (Å²) in [6.07, 6.45) is 1.06. The van der Waals surface area contributed by atoms with Crippen LogP contribution in [0.4, 0.5) is 0 Å². The molecule has 4 rings (SSSR count). The zero-order valence-electron chi connectivity index (χ0n) is 14.0. The lowest BCUT2D eigenvalue weighted by Crippen LogP contribution is -2.12. The number of phenols is 2. The fourth-order valence-electron chi connectivity index (χ4n) is 2.11. The summed E-state index contributed by atoms with van der Waals surface area (Å²) >= 11 is 0. The lowest BCUT2D eigenvalue weighted by atomic mass is 10.3. The second-order valence-corrected chi connectivity index (χ2v) is 5.25. The number of phenolic OH excluding ortho intramolecular Hbond substituents is 2. The average molecular weight is 370 g/mol. The third-order valence-electron chi connectivity index (χ3n) is 3.33. The van der Waals surface area contributed by atoms with Crippen LogP contribution in [0.1, 0.15) is 5.89 Å². The SMILES string of the molecule is Cc1nn(-c2ccc(O)cc2)c(=O)o1.O=c1ocnn1-c1ccc(O)cc1. The molecule has 10 heteroatoms. The summed E-state index contributed by atoms with van der Waals surface area (Å²) in [6, 6.07) is 12.2. The molecular formula is C17H14N4O6. The molecule has 0 aliphatic heterocycles. The van der Waals surface area contributed by atoms with Gasteiger partial charge in [0.15, 0.2) is 0 Å². The zero-order chi connectivity index (χ0) is 19.4. The highest BCUT2D eigenvalue weighted by Gasteiger charge is 2.05. The van der Waals surface area contributed by atoms with Gasteiger partial charge < -0.3 is 19.0 Å². The van der Waals surface area contributed by atoms with E-state index in [1.54, 1.807) is 31.2 Å². The first-order chi connectivity index (χ1) is 12.9. The van der Waals surface area contributed by atoms with Crippen molar-refractivity contribution >= 4 is 0 Å². The Labute approximate surface area is 151 Å². The third kappa shape index (κ3) is 4.12. The molecule has 0 saturated carbocycles. The second-order valence-electron chi connectivity index (χ2n) is 5.25. The van der Waals surface area contributed by atoms with E-state index in [0.717, 1.165) is 15.8 Å². The molecule has 0 unspecified atom stereocenters. The number of aromatic hydroxyl groups is 2.